The van der Waals surface area contributed by atoms with Gasteiger partial charge in [-0.05, 0) is 22.0 Å². The molecule has 9 heteroatoms. The Bertz CT molecular complexity index is 424. The Morgan fingerprint density at radius 2 is 1.89 bits per heavy atom. The number of rotatable bonds is 4. The Hall–Kier alpha value is -0.960. The van der Waals surface area contributed by atoms with E-state index in [1.165, 1.54) is 0 Å². The molecule has 0 aliphatic rings. The fraction of sp³-hybridized carbons (Fsp3) is 0.444. The number of alkyl halides is 5. The lowest BCUT2D eigenvalue weighted by Gasteiger charge is -2.17. The zero-order valence-electron chi connectivity index (χ0n) is 8.73. The van der Waals surface area contributed by atoms with Crippen molar-refractivity contribution in [3.05, 3.63) is 22.3 Å². The second kappa shape index (κ2) is 5.35. The molecular formula is C9H8BrF5N2O. The Balaban J connectivity index is 2.96. The molecule has 18 heavy (non-hydrogen) atoms. The molecule has 0 aliphatic carbocycles. The summed E-state index contributed by atoms with van der Waals surface area (Å²) in [6.45, 7) is -2.60. The summed E-state index contributed by atoms with van der Waals surface area (Å²) in [6, 6.07) is 0.729. The van der Waals surface area contributed by atoms with Crippen molar-refractivity contribution in [2.24, 2.45) is 0 Å². The van der Waals surface area contributed by atoms with Gasteiger partial charge in [-0.15, -0.1) is 0 Å². The number of hydrogen-bond acceptors (Lipinski definition) is 3. The third-order valence-corrected chi connectivity index (χ3v) is 2.34. The van der Waals surface area contributed by atoms with E-state index in [9.17, 15) is 22.0 Å². The lowest BCUT2D eigenvalue weighted by Crippen LogP contribution is -2.32. The van der Waals surface area contributed by atoms with Gasteiger partial charge in [-0.25, -0.2) is 13.8 Å². The van der Waals surface area contributed by atoms with Crippen LogP contribution in [0, 0.1) is 0 Å². The van der Waals surface area contributed by atoms with Gasteiger partial charge in [0.05, 0.1) is 12.1 Å². The minimum atomic E-state index is -4.71. The predicted octanol–water partition coefficient (Wildman–Crippen LogP) is 2.90. The van der Waals surface area contributed by atoms with E-state index in [0.29, 0.717) is 0 Å². The summed E-state index contributed by atoms with van der Waals surface area (Å²) in [5.74, 6) is -4.23. The van der Waals surface area contributed by atoms with E-state index in [0.717, 1.165) is 12.3 Å². The first kappa shape index (κ1) is 15.1. The lowest BCUT2D eigenvalue weighted by atomic mass is 10.2. The minimum absolute atomic E-state index is 0.0780. The summed E-state index contributed by atoms with van der Waals surface area (Å²) in [6.07, 6.45) is -3.66. The Labute approximate surface area is 107 Å². The summed E-state index contributed by atoms with van der Waals surface area (Å²) in [5.41, 5.74) is -1.16. The molecule has 102 valence electrons. The first-order chi connectivity index (χ1) is 8.15. The molecule has 0 spiro atoms. The van der Waals surface area contributed by atoms with Crippen molar-refractivity contribution in [3.8, 4) is 0 Å². The van der Waals surface area contributed by atoms with Crippen LogP contribution in [0.25, 0.3) is 0 Å². The van der Waals surface area contributed by atoms with Crippen molar-refractivity contribution < 1.29 is 27.1 Å². The van der Waals surface area contributed by atoms with Crippen molar-refractivity contribution >= 4 is 21.7 Å². The van der Waals surface area contributed by atoms with Gasteiger partial charge >= 0.3 is 6.18 Å². The first-order valence-electron chi connectivity index (χ1n) is 4.61. The van der Waals surface area contributed by atoms with Crippen LogP contribution in [0.1, 0.15) is 5.56 Å². The van der Waals surface area contributed by atoms with E-state index in [1.54, 1.807) is 0 Å². The number of hydrogen-bond donors (Lipinski definition) is 2. The monoisotopic (exact) mass is 334 g/mol. The molecule has 0 saturated heterocycles. The molecule has 0 amide bonds. The van der Waals surface area contributed by atoms with Gasteiger partial charge in [-0.1, -0.05) is 0 Å². The largest absolute Gasteiger partial charge is 0.419 e. The van der Waals surface area contributed by atoms with Gasteiger partial charge < -0.3 is 10.4 Å². The van der Waals surface area contributed by atoms with Gasteiger partial charge in [0.2, 0.25) is 0 Å². The lowest BCUT2D eigenvalue weighted by molar-refractivity contribution is -0.137. The molecular weight excluding hydrogens is 327 g/mol. The van der Waals surface area contributed by atoms with Crippen molar-refractivity contribution in [3.63, 3.8) is 0 Å². The normalized spacial score (nSPS) is 12.6. The Morgan fingerprint density at radius 3 is 2.39 bits per heavy atom. The Morgan fingerprint density at radius 1 is 1.28 bits per heavy atom. The van der Waals surface area contributed by atoms with E-state index in [1.807, 2.05) is 5.32 Å². The highest BCUT2D eigenvalue weighted by Crippen LogP contribution is 2.35. The van der Waals surface area contributed by atoms with E-state index in [2.05, 4.69) is 20.9 Å². The van der Waals surface area contributed by atoms with Crippen LogP contribution in [-0.2, 0) is 6.18 Å². The summed E-state index contributed by atoms with van der Waals surface area (Å²) < 4.78 is 63.3. The molecule has 1 aromatic heterocycles. The number of aliphatic hydroxyl groups excluding tert-OH is 1. The van der Waals surface area contributed by atoms with Crippen LogP contribution < -0.4 is 5.32 Å². The maximum absolute atomic E-state index is 12.7. The number of aliphatic hydroxyl groups is 1. The fourth-order valence-electron chi connectivity index (χ4n) is 1.07. The van der Waals surface area contributed by atoms with Gasteiger partial charge in [-0.3, -0.25) is 0 Å². The molecule has 0 atom stereocenters. The number of nitrogens with zero attached hydrogens (tertiary/aromatic N) is 1. The summed E-state index contributed by atoms with van der Waals surface area (Å²) in [5, 5.41) is 10.2. The molecule has 0 radical (unpaired) electrons. The Kier molecular flexibility index (Phi) is 4.49. The smallest absolute Gasteiger partial charge is 0.390 e. The first-order valence-corrected chi connectivity index (χ1v) is 5.40. The predicted molar refractivity (Wildman–Crippen MR) is 57.5 cm³/mol. The second-order valence-electron chi connectivity index (χ2n) is 3.42. The third-order valence-electron chi connectivity index (χ3n) is 1.91. The average molecular weight is 335 g/mol. The highest BCUT2D eigenvalue weighted by molar-refractivity contribution is 9.10. The molecule has 0 fully saturated rings. The van der Waals surface area contributed by atoms with Crippen molar-refractivity contribution in [2.75, 3.05) is 18.5 Å². The SMILES string of the molecule is OCC(F)(F)CNc1ncc(Br)cc1C(F)(F)F. The van der Waals surface area contributed by atoms with Gasteiger partial charge in [-0.2, -0.15) is 13.2 Å². The van der Waals surface area contributed by atoms with E-state index < -0.39 is 36.6 Å². The average Bonchev–Trinajstić information content (AvgIpc) is 2.26. The van der Waals surface area contributed by atoms with Crippen molar-refractivity contribution in [1.29, 1.82) is 0 Å². The number of nitrogens with one attached hydrogen (secondary N) is 1. The number of halogens is 6. The zero-order chi connectivity index (χ0) is 14.0. The molecule has 1 heterocycles. The maximum Gasteiger partial charge on any atom is 0.419 e. The second-order valence-corrected chi connectivity index (χ2v) is 4.33. The molecule has 3 nitrogen and oxygen atoms in total. The molecule has 0 aliphatic heterocycles. The summed E-state index contributed by atoms with van der Waals surface area (Å²) >= 11 is 2.81. The highest BCUT2D eigenvalue weighted by atomic mass is 79.9. The number of pyridine rings is 1. The van der Waals surface area contributed by atoms with Gasteiger partial charge in [0.1, 0.15) is 12.4 Å². The molecule has 0 aromatic carbocycles. The third kappa shape index (κ3) is 4.05. The van der Waals surface area contributed by atoms with E-state index in [-0.39, 0.29) is 4.47 Å². The summed E-state index contributed by atoms with van der Waals surface area (Å²) in [4.78, 5) is 3.39. The topological polar surface area (TPSA) is 45.1 Å². The number of aromatic nitrogens is 1. The fourth-order valence-corrected chi connectivity index (χ4v) is 1.40. The van der Waals surface area contributed by atoms with E-state index >= 15 is 0 Å². The standard InChI is InChI=1S/C9H8BrF5N2O/c10-5-1-6(9(13,14)15)7(16-2-5)17-3-8(11,12)4-18/h1-2,18H,3-4H2,(H,16,17). The molecule has 0 bridgehead atoms. The number of anilines is 1. The van der Waals surface area contributed by atoms with Crippen LogP contribution >= 0.6 is 15.9 Å². The van der Waals surface area contributed by atoms with Crippen LogP contribution in [0.5, 0.6) is 0 Å². The van der Waals surface area contributed by atoms with Crippen molar-refractivity contribution in [2.45, 2.75) is 12.1 Å². The molecule has 0 saturated carbocycles. The van der Waals surface area contributed by atoms with Crippen LogP contribution in [0.3, 0.4) is 0 Å². The molecule has 1 rings (SSSR count). The summed E-state index contributed by atoms with van der Waals surface area (Å²) in [7, 11) is 0. The van der Waals surface area contributed by atoms with Crippen LogP contribution in [0.4, 0.5) is 27.8 Å². The quantitative estimate of drug-likeness (QED) is 0.832. The highest BCUT2D eigenvalue weighted by Gasteiger charge is 2.36. The van der Waals surface area contributed by atoms with Gasteiger partial charge in [0.25, 0.3) is 5.92 Å². The molecule has 1 aromatic rings. The zero-order valence-corrected chi connectivity index (χ0v) is 10.3. The minimum Gasteiger partial charge on any atom is -0.390 e. The van der Waals surface area contributed by atoms with Crippen LogP contribution in [-0.4, -0.2) is 29.2 Å². The maximum atomic E-state index is 12.7. The van der Waals surface area contributed by atoms with Gasteiger partial charge in [0, 0.05) is 10.7 Å². The van der Waals surface area contributed by atoms with Crippen LogP contribution in [0.2, 0.25) is 0 Å². The molecule has 2 N–H and O–H groups in total. The van der Waals surface area contributed by atoms with Crippen molar-refractivity contribution in [1.82, 2.24) is 4.98 Å². The van der Waals surface area contributed by atoms with E-state index in [4.69, 9.17) is 5.11 Å². The van der Waals surface area contributed by atoms with Crippen LogP contribution in [0.15, 0.2) is 16.7 Å². The van der Waals surface area contributed by atoms with Gasteiger partial charge in [0.15, 0.2) is 0 Å². The molecule has 0 unspecified atom stereocenters.